The Morgan fingerprint density at radius 1 is 0.976 bits per heavy atom. The van der Waals surface area contributed by atoms with Crippen molar-refractivity contribution in [1.29, 1.82) is 0 Å². The minimum atomic E-state index is -1.51. The fourth-order valence-corrected chi connectivity index (χ4v) is 4.17. The van der Waals surface area contributed by atoms with E-state index in [0.29, 0.717) is 11.3 Å². The highest BCUT2D eigenvalue weighted by Gasteiger charge is 2.33. The number of fused-ring (bicyclic) bond motifs is 1. The van der Waals surface area contributed by atoms with Gasteiger partial charge in [0, 0.05) is 48.3 Å². The quantitative estimate of drug-likeness (QED) is 0.0995. The van der Waals surface area contributed by atoms with E-state index in [9.17, 15) is 34.2 Å². The van der Waals surface area contributed by atoms with E-state index in [1.165, 1.54) is 19.4 Å². The zero-order chi connectivity index (χ0) is 30.1. The Labute approximate surface area is 234 Å². The predicted molar refractivity (Wildman–Crippen MR) is 146 cm³/mol. The van der Waals surface area contributed by atoms with Gasteiger partial charge in [-0.15, -0.1) is 0 Å². The molecule has 2 aromatic heterocycles. The summed E-state index contributed by atoms with van der Waals surface area (Å²) in [6.07, 6.45) is 2.70. The average Bonchev–Trinajstić information content (AvgIpc) is 3.59. The molecule has 2 heterocycles. The van der Waals surface area contributed by atoms with Gasteiger partial charge in [0.1, 0.15) is 18.1 Å². The number of aromatic amines is 2. The fraction of sp³-hybridized carbons (Fsp3) is 0.385. The van der Waals surface area contributed by atoms with Crippen molar-refractivity contribution in [3.63, 3.8) is 0 Å². The van der Waals surface area contributed by atoms with Crippen molar-refractivity contribution >= 4 is 40.5 Å². The number of para-hydroxylation sites is 1. The van der Waals surface area contributed by atoms with Gasteiger partial charge in [-0.1, -0.05) is 18.2 Å². The maximum absolute atomic E-state index is 13.3. The molecule has 0 saturated heterocycles. The zero-order valence-electron chi connectivity index (χ0n) is 22.3. The van der Waals surface area contributed by atoms with Crippen LogP contribution >= 0.6 is 0 Å². The highest BCUT2D eigenvalue weighted by Crippen LogP contribution is 2.19. The third kappa shape index (κ3) is 8.61. The molecule has 0 aliphatic carbocycles. The third-order valence-corrected chi connectivity index (χ3v) is 6.43. The molecule has 1 aromatic carbocycles. The van der Waals surface area contributed by atoms with Crippen LogP contribution in [0.2, 0.25) is 0 Å². The number of hydrogen-bond acceptors (Lipinski definition) is 8. The molecule has 11 N–H and O–H groups in total. The van der Waals surface area contributed by atoms with Crippen LogP contribution in [0.5, 0.6) is 0 Å². The van der Waals surface area contributed by atoms with Gasteiger partial charge in [0.25, 0.3) is 0 Å². The summed E-state index contributed by atoms with van der Waals surface area (Å²) in [5, 5.41) is 28.1. The maximum Gasteiger partial charge on any atom is 0.326 e. The number of carboxylic acid groups (broad SMARTS) is 1. The predicted octanol–water partition coefficient (Wildman–Crippen LogP) is -1.81. The number of aliphatic carboxylic acids is 1. The number of aliphatic hydroxyl groups is 1. The zero-order valence-corrected chi connectivity index (χ0v) is 22.3. The Morgan fingerprint density at radius 2 is 1.68 bits per heavy atom. The molecule has 5 atom stereocenters. The lowest BCUT2D eigenvalue weighted by Gasteiger charge is -2.26. The summed E-state index contributed by atoms with van der Waals surface area (Å²) in [7, 11) is 0. The Bertz CT molecular complexity index is 1370. The van der Waals surface area contributed by atoms with E-state index in [0.717, 1.165) is 10.9 Å². The van der Waals surface area contributed by atoms with E-state index in [4.69, 9.17) is 11.5 Å². The Balaban J connectivity index is 1.75. The maximum atomic E-state index is 13.3. The van der Waals surface area contributed by atoms with Crippen LogP contribution in [0.3, 0.4) is 0 Å². The molecule has 3 rings (SSSR count). The summed E-state index contributed by atoms with van der Waals surface area (Å²) >= 11 is 0. The van der Waals surface area contributed by atoms with Crippen molar-refractivity contribution in [2.75, 3.05) is 0 Å². The number of aromatic nitrogens is 3. The largest absolute Gasteiger partial charge is 0.480 e. The average molecular weight is 571 g/mol. The molecule has 0 fully saturated rings. The molecule has 4 amide bonds. The van der Waals surface area contributed by atoms with Gasteiger partial charge in [0.05, 0.1) is 18.5 Å². The Kier molecular flexibility index (Phi) is 10.5. The molecule has 15 heteroatoms. The van der Waals surface area contributed by atoms with Crippen molar-refractivity contribution in [2.45, 2.75) is 62.9 Å². The first-order valence-corrected chi connectivity index (χ1v) is 12.8. The van der Waals surface area contributed by atoms with Gasteiger partial charge in [-0.05, 0) is 25.0 Å². The molecular formula is C26H34N8O7. The van der Waals surface area contributed by atoms with Crippen molar-refractivity contribution in [1.82, 2.24) is 30.9 Å². The molecule has 3 aromatic rings. The number of nitrogens with one attached hydrogen (secondary N) is 5. The molecule has 41 heavy (non-hydrogen) atoms. The molecule has 0 radical (unpaired) electrons. The van der Waals surface area contributed by atoms with E-state index in [-0.39, 0.29) is 25.7 Å². The number of nitrogens with two attached hydrogens (primary N) is 2. The number of primary amides is 1. The third-order valence-electron chi connectivity index (χ3n) is 6.43. The van der Waals surface area contributed by atoms with E-state index in [2.05, 4.69) is 30.9 Å². The minimum absolute atomic E-state index is 0.0364. The minimum Gasteiger partial charge on any atom is -0.480 e. The van der Waals surface area contributed by atoms with E-state index >= 15 is 0 Å². The highest BCUT2D eigenvalue weighted by molar-refractivity contribution is 5.95. The van der Waals surface area contributed by atoms with Crippen LogP contribution < -0.4 is 27.4 Å². The lowest BCUT2D eigenvalue weighted by molar-refractivity contribution is -0.142. The van der Waals surface area contributed by atoms with Gasteiger partial charge in [-0.3, -0.25) is 19.2 Å². The van der Waals surface area contributed by atoms with E-state index in [1.807, 2.05) is 24.3 Å². The van der Waals surface area contributed by atoms with Crippen LogP contribution in [-0.4, -0.2) is 85.0 Å². The second kappa shape index (κ2) is 14.0. The number of carbonyl (C=O) groups excluding carboxylic acids is 4. The number of rotatable bonds is 15. The van der Waals surface area contributed by atoms with Crippen LogP contribution in [0.25, 0.3) is 10.9 Å². The molecule has 0 spiro atoms. The fourth-order valence-electron chi connectivity index (χ4n) is 4.17. The number of carboxylic acids is 1. The number of nitrogens with zero attached hydrogens (tertiary/aromatic N) is 1. The first-order chi connectivity index (χ1) is 19.5. The van der Waals surface area contributed by atoms with Crippen LogP contribution in [0.4, 0.5) is 0 Å². The second-order valence-electron chi connectivity index (χ2n) is 9.64. The molecule has 5 unspecified atom stereocenters. The number of imidazole rings is 1. The summed E-state index contributed by atoms with van der Waals surface area (Å²) in [4.78, 5) is 71.8. The van der Waals surface area contributed by atoms with Gasteiger partial charge in [-0.2, -0.15) is 0 Å². The molecule has 0 saturated carbocycles. The van der Waals surface area contributed by atoms with Gasteiger partial charge < -0.3 is 47.6 Å². The summed E-state index contributed by atoms with van der Waals surface area (Å²) < 4.78 is 0. The monoisotopic (exact) mass is 570 g/mol. The molecular weight excluding hydrogens is 536 g/mol. The number of carbonyl (C=O) groups is 5. The van der Waals surface area contributed by atoms with Gasteiger partial charge in [0.2, 0.25) is 23.6 Å². The second-order valence-corrected chi connectivity index (χ2v) is 9.64. The normalized spacial score (nSPS) is 14.8. The summed E-state index contributed by atoms with van der Waals surface area (Å²) in [6.45, 7) is 1.26. The Hall–Kier alpha value is -4.76. The first kappa shape index (κ1) is 30.8. The van der Waals surface area contributed by atoms with Crippen LogP contribution in [0.1, 0.15) is 31.0 Å². The molecule has 220 valence electrons. The Morgan fingerprint density at radius 3 is 2.32 bits per heavy atom. The van der Waals surface area contributed by atoms with Crippen LogP contribution in [-0.2, 0) is 36.8 Å². The first-order valence-electron chi connectivity index (χ1n) is 12.8. The molecule has 15 nitrogen and oxygen atoms in total. The molecule has 0 aliphatic rings. The van der Waals surface area contributed by atoms with Crippen LogP contribution in [0, 0.1) is 0 Å². The van der Waals surface area contributed by atoms with E-state index in [1.54, 1.807) is 6.20 Å². The smallest absolute Gasteiger partial charge is 0.326 e. The van der Waals surface area contributed by atoms with Crippen molar-refractivity contribution < 1.29 is 34.2 Å². The lowest BCUT2D eigenvalue weighted by atomic mass is 10.0. The molecule has 0 bridgehead atoms. The SMILES string of the molecule is CC(O)C(NC(=O)C(N)CCC(N)=O)C(=O)NC(Cc1cnc[nH]1)C(=O)NC(Cc1c[nH]c2ccccc12)C(=O)O. The van der Waals surface area contributed by atoms with Crippen LogP contribution in [0.15, 0.2) is 43.0 Å². The van der Waals surface area contributed by atoms with Crippen molar-refractivity contribution in [3.8, 4) is 0 Å². The molecule has 0 aliphatic heterocycles. The highest BCUT2D eigenvalue weighted by atomic mass is 16.4. The summed E-state index contributed by atoms with van der Waals surface area (Å²) in [6, 6.07) is 1.97. The van der Waals surface area contributed by atoms with Gasteiger partial charge in [0.15, 0.2) is 0 Å². The number of hydrogen-bond donors (Lipinski definition) is 9. The van der Waals surface area contributed by atoms with E-state index < -0.39 is 59.9 Å². The summed E-state index contributed by atoms with van der Waals surface area (Å²) in [5.74, 6) is -4.48. The standard InChI is InChI=1S/C26H34N8O7/c1-13(35)22(34-23(37)17(27)6-7-21(28)36)25(39)32-19(9-15-11-29-12-31-15)24(38)33-20(26(40)41)8-14-10-30-18-5-3-2-4-16(14)18/h2-5,10-13,17,19-20,22,30,35H,6-9,27H2,1H3,(H2,28,36)(H,29,31)(H,32,39)(H,33,38)(H,34,37)(H,40,41). The van der Waals surface area contributed by atoms with Gasteiger partial charge in [-0.25, -0.2) is 9.78 Å². The topological polar surface area (TPSA) is 258 Å². The number of benzene rings is 1. The number of H-pyrrole nitrogens is 2. The van der Waals surface area contributed by atoms with Crippen molar-refractivity contribution in [3.05, 3.63) is 54.2 Å². The lowest BCUT2D eigenvalue weighted by Crippen LogP contribution is -2.60. The van der Waals surface area contributed by atoms with Gasteiger partial charge >= 0.3 is 5.97 Å². The van der Waals surface area contributed by atoms with Crippen molar-refractivity contribution in [2.24, 2.45) is 11.5 Å². The number of amides is 4. The summed E-state index contributed by atoms with van der Waals surface area (Å²) in [5.41, 5.74) is 12.8. The number of aliphatic hydroxyl groups excluding tert-OH is 1.